The fourth-order valence-corrected chi connectivity index (χ4v) is 1.17. The fourth-order valence-electron chi connectivity index (χ4n) is 1.17. The maximum Gasteiger partial charge on any atom is 0.180 e. The number of ether oxygens (including phenoxy) is 2. The van der Waals surface area contributed by atoms with Gasteiger partial charge in [-0.2, -0.15) is 0 Å². The Balaban J connectivity index is 2.42. The van der Waals surface area contributed by atoms with Crippen LogP contribution in [0.25, 0.3) is 0 Å². The van der Waals surface area contributed by atoms with Gasteiger partial charge in [0.25, 0.3) is 0 Å². The van der Waals surface area contributed by atoms with E-state index in [1.807, 2.05) is 13.8 Å². The van der Waals surface area contributed by atoms with Crippen molar-refractivity contribution in [3.63, 3.8) is 0 Å². The van der Waals surface area contributed by atoms with E-state index in [2.05, 4.69) is 4.98 Å². The molecule has 4 nitrogen and oxygen atoms in total. The summed E-state index contributed by atoms with van der Waals surface area (Å²) in [6.07, 6.45) is 2.03. The molecule has 4 heteroatoms. The van der Waals surface area contributed by atoms with Crippen LogP contribution >= 0.6 is 0 Å². The molecule has 0 aliphatic heterocycles. The van der Waals surface area contributed by atoms with Crippen LogP contribution in [0.5, 0.6) is 5.75 Å². The van der Waals surface area contributed by atoms with Crippen LogP contribution in [0.1, 0.15) is 30.8 Å². The lowest BCUT2D eigenvalue weighted by Crippen LogP contribution is -2.07. The van der Waals surface area contributed by atoms with Crippen molar-refractivity contribution in [1.29, 1.82) is 0 Å². The van der Waals surface area contributed by atoms with Crippen LogP contribution in [0.2, 0.25) is 0 Å². The molecule has 0 bridgehead atoms. The van der Waals surface area contributed by atoms with Gasteiger partial charge in [0.05, 0.1) is 12.8 Å². The number of rotatable bonds is 7. The van der Waals surface area contributed by atoms with Crippen LogP contribution in [-0.4, -0.2) is 30.6 Å². The normalized spacial score (nSPS) is 10.1. The molecule has 0 aromatic carbocycles. The summed E-state index contributed by atoms with van der Waals surface area (Å²) in [7, 11) is 0. The van der Waals surface area contributed by atoms with E-state index >= 15 is 0 Å². The molecule has 0 unspecified atom stereocenters. The number of aromatic nitrogens is 1. The van der Waals surface area contributed by atoms with Crippen molar-refractivity contribution >= 4 is 5.78 Å². The van der Waals surface area contributed by atoms with Crippen LogP contribution in [0, 0.1) is 0 Å². The van der Waals surface area contributed by atoms with Gasteiger partial charge in [-0.1, -0.05) is 6.92 Å². The minimum Gasteiger partial charge on any atom is -0.490 e. The van der Waals surface area contributed by atoms with E-state index in [9.17, 15) is 4.79 Å². The third-order valence-electron chi connectivity index (χ3n) is 2.04. The highest BCUT2D eigenvalue weighted by atomic mass is 16.5. The van der Waals surface area contributed by atoms with E-state index in [1.54, 1.807) is 18.3 Å². The first-order valence-corrected chi connectivity index (χ1v) is 5.47. The number of carbonyl (C=O) groups excluding carboxylic acids is 1. The Hall–Kier alpha value is -1.42. The number of ketones is 1. The highest BCUT2D eigenvalue weighted by molar-refractivity contribution is 5.93. The predicted molar refractivity (Wildman–Crippen MR) is 60.8 cm³/mol. The Labute approximate surface area is 95.6 Å². The number of hydrogen-bond donors (Lipinski definition) is 0. The van der Waals surface area contributed by atoms with Gasteiger partial charge in [0.1, 0.15) is 18.1 Å². The molecule has 0 amide bonds. The largest absolute Gasteiger partial charge is 0.490 e. The molecule has 0 saturated heterocycles. The average Bonchev–Trinajstić information content (AvgIpc) is 2.34. The van der Waals surface area contributed by atoms with Crippen molar-refractivity contribution in [3.8, 4) is 5.75 Å². The smallest absolute Gasteiger partial charge is 0.180 e. The molecule has 16 heavy (non-hydrogen) atoms. The molecule has 0 radical (unpaired) electrons. The number of pyridine rings is 1. The maximum atomic E-state index is 11.3. The first kappa shape index (κ1) is 12.6. The molecular weight excluding hydrogens is 206 g/mol. The van der Waals surface area contributed by atoms with E-state index in [4.69, 9.17) is 9.47 Å². The number of Topliss-reactive ketones (excluding diaryl/α,β-unsaturated/α-hetero) is 1. The van der Waals surface area contributed by atoms with Crippen molar-refractivity contribution in [2.75, 3.05) is 19.8 Å². The van der Waals surface area contributed by atoms with Crippen molar-refractivity contribution in [2.45, 2.75) is 20.3 Å². The van der Waals surface area contributed by atoms with Crippen LogP contribution in [0.15, 0.2) is 18.3 Å². The first-order chi connectivity index (χ1) is 7.77. The third-order valence-corrected chi connectivity index (χ3v) is 2.04. The molecule has 1 heterocycles. The second-order valence-corrected chi connectivity index (χ2v) is 3.20. The van der Waals surface area contributed by atoms with Gasteiger partial charge < -0.3 is 9.47 Å². The fraction of sp³-hybridized carbons (Fsp3) is 0.500. The number of nitrogens with zero attached hydrogens (tertiary/aromatic N) is 1. The molecule has 0 spiro atoms. The zero-order chi connectivity index (χ0) is 11.8. The summed E-state index contributed by atoms with van der Waals surface area (Å²) in [5.41, 5.74) is 0.486. The Morgan fingerprint density at radius 3 is 2.69 bits per heavy atom. The van der Waals surface area contributed by atoms with Gasteiger partial charge in [0.2, 0.25) is 0 Å². The van der Waals surface area contributed by atoms with Crippen molar-refractivity contribution < 1.29 is 14.3 Å². The van der Waals surface area contributed by atoms with E-state index in [1.165, 1.54) is 0 Å². The highest BCUT2D eigenvalue weighted by Gasteiger charge is 2.04. The van der Waals surface area contributed by atoms with Gasteiger partial charge in [-0.05, 0) is 19.1 Å². The van der Waals surface area contributed by atoms with Gasteiger partial charge in [-0.3, -0.25) is 4.79 Å². The SMILES string of the molecule is CCOCCOc1ccc(C(=O)CC)nc1. The van der Waals surface area contributed by atoms with Crippen molar-refractivity contribution in [1.82, 2.24) is 4.98 Å². The zero-order valence-corrected chi connectivity index (χ0v) is 9.73. The topological polar surface area (TPSA) is 48.4 Å². The predicted octanol–water partition coefficient (Wildman–Crippen LogP) is 2.09. The van der Waals surface area contributed by atoms with Crippen molar-refractivity contribution in [3.05, 3.63) is 24.0 Å². The molecule has 1 aromatic rings. The molecule has 0 atom stereocenters. The minimum atomic E-state index is 0.0425. The second kappa shape index (κ2) is 6.95. The van der Waals surface area contributed by atoms with Crippen LogP contribution in [0.3, 0.4) is 0 Å². The standard InChI is InChI=1S/C12H17NO3/c1-3-12(14)11-6-5-10(9-13-11)16-8-7-15-4-2/h5-6,9H,3-4,7-8H2,1-2H3. The zero-order valence-electron chi connectivity index (χ0n) is 9.73. The number of carbonyl (C=O) groups is 1. The van der Waals surface area contributed by atoms with Crippen LogP contribution in [-0.2, 0) is 4.74 Å². The molecule has 0 saturated carbocycles. The lowest BCUT2D eigenvalue weighted by Gasteiger charge is -2.05. The molecule has 0 N–H and O–H groups in total. The molecule has 88 valence electrons. The monoisotopic (exact) mass is 223 g/mol. The highest BCUT2D eigenvalue weighted by Crippen LogP contribution is 2.10. The minimum absolute atomic E-state index is 0.0425. The lowest BCUT2D eigenvalue weighted by molar-refractivity contribution is 0.0982. The molecular formula is C12H17NO3. The second-order valence-electron chi connectivity index (χ2n) is 3.20. The average molecular weight is 223 g/mol. The Morgan fingerprint density at radius 2 is 2.12 bits per heavy atom. The van der Waals surface area contributed by atoms with Gasteiger partial charge in [-0.25, -0.2) is 4.98 Å². The summed E-state index contributed by atoms with van der Waals surface area (Å²) >= 11 is 0. The quantitative estimate of drug-likeness (QED) is 0.524. The van der Waals surface area contributed by atoms with Gasteiger partial charge >= 0.3 is 0 Å². The Bertz CT molecular complexity index is 322. The maximum absolute atomic E-state index is 11.3. The van der Waals surface area contributed by atoms with Crippen LogP contribution < -0.4 is 4.74 Å². The summed E-state index contributed by atoms with van der Waals surface area (Å²) in [5, 5.41) is 0. The van der Waals surface area contributed by atoms with E-state index < -0.39 is 0 Å². The van der Waals surface area contributed by atoms with Gasteiger partial charge in [-0.15, -0.1) is 0 Å². The molecule has 1 aromatic heterocycles. The lowest BCUT2D eigenvalue weighted by atomic mass is 10.2. The van der Waals surface area contributed by atoms with Gasteiger partial charge in [0, 0.05) is 13.0 Å². The van der Waals surface area contributed by atoms with Crippen molar-refractivity contribution in [2.24, 2.45) is 0 Å². The molecule has 0 aliphatic rings. The summed E-state index contributed by atoms with van der Waals surface area (Å²) in [4.78, 5) is 15.3. The Kier molecular flexibility index (Phi) is 5.50. The Morgan fingerprint density at radius 1 is 1.31 bits per heavy atom. The summed E-state index contributed by atoms with van der Waals surface area (Å²) in [5.74, 6) is 0.702. The van der Waals surface area contributed by atoms with E-state index in [-0.39, 0.29) is 5.78 Å². The number of hydrogen-bond acceptors (Lipinski definition) is 4. The summed E-state index contributed by atoms with van der Waals surface area (Å²) in [6.45, 7) is 5.50. The third kappa shape index (κ3) is 3.98. The van der Waals surface area contributed by atoms with E-state index in [0.29, 0.717) is 37.7 Å². The molecule has 1 rings (SSSR count). The van der Waals surface area contributed by atoms with E-state index in [0.717, 1.165) is 0 Å². The van der Waals surface area contributed by atoms with Crippen LogP contribution in [0.4, 0.5) is 0 Å². The molecule has 0 fully saturated rings. The summed E-state index contributed by atoms with van der Waals surface area (Å²) in [6, 6.07) is 3.43. The first-order valence-electron chi connectivity index (χ1n) is 5.47. The van der Waals surface area contributed by atoms with Gasteiger partial charge in [0.15, 0.2) is 5.78 Å². The molecule has 0 aliphatic carbocycles. The summed E-state index contributed by atoms with van der Waals surface area (Å²) < 4.78 is 10.5.